The maximum Gasteiger partial charge on any atom is 0.227 e. The number of hydrogen-bond acceptors (Lipinski definition) is 4. The minimum Gasteiger partial charge on any atom is -0.439 e. The van der Waals surface area contributed by atoms with Gasteiger partial charge in [0.15, 0.2) is 0 Å². The van der Waals surface area contributed by atoms with Crippen molar-refractivity contribution in [3.05, 3.63) is 71.4 Å². The van der Waals surface area contributed by atoms with E-state index in [1.165, 1.54) is 24.3 Å². The first-order valence-electron chi connectivity index (χ1n) is 11.6. The minimum atomic E-state index is -0.375. The molecule has 1 aliphatic carbocycles. The number of aliphatic hydroxyl groups excluding tert-OH is 1. The van der Waals surface area contributed by atoms with Crippen LogP contribution in [0.5, 0.6) is 11.6 Å². The van der Waals surface area contributed by atoms with Gasteiger partial charge in [-0.1, -0.05) is 19.8 Å². The number of benzene rings is 2. The molecule has 176 valence electrons. The van der Waals surface area contributed by atoms with Crippen LogP contribution in [0.2, 0.25) is 0 Å². The van der Waals surface area contributed by atoms with E-state index >= 15 is 0 Å². The highest BCUT2D eigenvalue weighted by Crippen LogP contribution is 2.35. The third-order valence-electron chi connectivity index (χ3n) is 6.00. The lowest BCUT2D eigenvalue weighted by Gasteiger charge is -2.25. The highest BCUT2D eigenvalue weighted by Gasteiger charge is 2.32. The van der Waals surface area contributed by atoms with Crippen molar-refractivity contribution in [3.63, 3.8) is 0 Å². The first-order valence-corrected chi connectivity index (χ1v) is 11.6. The predicted molar refractivity (Wildman–Crippen MR) is 124 cm³/mol. The largest absolute Gasteiger partial charge is 0.439 e. The van der Waals surface area contributed by atoms with Gasteiger partial charge in [0, 0.05) is 19.1 Å². The van der Waals surface area contributed by atoms with Gasteiger partial charge < -0.3 is 9.84 Å². The summed E-state index contributed by atoms with van der Waals surface area (Å²) >= 11 is 0. The number of hydrogen-bond donors (Lipinski definition) is 1. The lowest BCUT2D eigenvalue weighted by Crippen LogP contribution is -2.34. The summed E-state index contributed by atoms with van der Waals surface area (Å²) in [5.41, 5.74) is 2.37. The number of ether oxygens (including phenoxy) is 1. The van der Waals surface area contributed by atoms with Gasteiger partial charge in [0.1, 0.15) is 17.4 Å². The zero-order valence-corrected chi connectivity index (χ0v) is 19.2. The Kier molecular flexibility index (Phi) is 7.40. The molecule has 1 heterocycles. The Morgan fingerprint density at radius 1 is 1.09 bits per heavy atom. The molecule has 1 fully saturated rings. The lowest BCUT2D eigenvalue weighted by molar-refractivity contribution is 0.0949. The van der Waals surface area contributed by atoms with Gasteiger partial charge in [-0.05, 0) is 74.7 Å². The Morgan fingerprint density at radius 3 is 2.33 bits per heavy atom. The average Bonchev–Trinajstić information content (AvgIpc) is 3.61. The summed E-state index contributed by atoms with van der Waals surface area (Å²) in [6.45, 7) is 5.22. The van der Waals surface area contributed by atoms with E-state index < -0.39 is 0 Å². The van der Waals surface area contributed by atoms with Crippen LogP contribution < -0.4 is 4.74 Å². The number of nitrogens with zero attached hydrogens (tertiary/aromatic N) is 3. The summed E-state index contributed by atoms with van der Waals surface area (Å²) in [5.74, 6) is 0.331. The summed E-state index contributed by atoms with van der Waals surface area (Å²) in [6.07, 6.45) is 4.69. The van der Waals surface area contributed by atoms with Gasteiger partial charge >= 0.3 is 0 Å². The molecule has 4 rings (SSSR count). The van der Waals surface area contributed by atoms with E-state index in [0.29, 0.717) is 36.4 Å². The SMILES string of the molecule is CCCCC(O)CN(Cc1c(C)nn(-c2ccc(F)cc2)c1Oc1ccc(F)cc1)C1CC1. The van der Waals surface area contributed by atoms with E-state index in [1.54, 1.807) is 28.9 Å². The van der Waals surface area contributed by atoms with Crippen LogP contribution in [0.15, 0.2) is 48.5 Å². The molecule has 0 bridgehead atoms. The fraction of sp³-hybridized carbons (Fsp3) is 0.423. The Labute approximate surface area is 193 Å². The van der Waals surface area contributed by atoms with Crippen molar-refractivity contribution in [3.8, 4) is 17.3 Å². The van der Waals surface area contributed by atoms with Crippen molar-refractivity contribution in [2.24, 2.45) is 0 Å². The molecule has 5 nitrogen and oxygen atoms in total. The Balaban J connectivity index is 1.66. The molecule has 1 N–H and O–H groups in total. The van der Waals surface area contributed by atoms with Crippen molar-refractivity contribution in [1.29, 1.82) is 0 Å². The standard InChI is InChI=1S/C26H31F2N3O2/c1-3-4-5-23(32)16-30(21-12-13-21)17-25-18(2)29-31(22-10-6-19(27)7-11-22)26(25)33-24-14-8-20(28)9-15-24/h6-11,14-15,21,23,32H,3-5,12-13,16-17H2,1-2H3. The number of aliphatic hydroxyl groups is 1. The predicted octanol–water partition coefficient (Wildman–Crippen LogP) is 5.77. The Bertz CT molecular complexity index is 1050. The van der Waals surface area contributed by atoms with Crippen LogP contribution in [-0.2, 0) is 6.54 Å². The van der Waals surface area contributed by atoms with Crippen molar-refractivity contribution in [1.82, 2.24) is 14.7 Å². The highest BCUT2D eigenvalue weighted by atomic mass is 19.1. The van der Waals surface area contributed by atoms with Gasteiger partial charge in [-0.15, -0.1) is 0 Å². The summed E-state index contributed by atoms with van der Waals surface area (Å²) < 4.78 is 34.8. The van der Waals surface area contributed by atoms with E-state index in [0.717, 1.165) is 43.4 Å². The smallest absolute Gasteiger partial charge is 0.227 e. The number of aryl methyl sites for hydroxylation is 1. The third-order valence-corrected chi connectivity index (χ3v) is 6.00. The van der Waals surface area contributed by atoms with Gasteiger partial charge in [0.2, 0.25) is 5.88 Å². The zero-order valence-electron chi connectivity index (χ0n) is 19.2. The number of halogens is 2. The molecular formula is C26H31F2N3O2. The molecule has 0 spiro atoms. The maximum absolute atomic E-state index is 13.5. The van der Waals surface area contributed by atoms with Crippen LogP contribution in [0.3, 0.4) is 0 Å². The third kappa shape index (κ3) is 5.97. The van der Waals surface area contributed by atoms with Crippen LogP contribution in [0.25, 0.3) is 5.69 Å². The van der Waals surface area contributed by atoms with E-state index in [2.05, 4.69) is 11.8 Å². The van der Waals surface area contributed by atoms with Gasteiger partial charge in [-0.25, -0.2) is 13.5 Å². The van der Waals surface area contributed by atoms with Gasteiger partial charge in [-0.2, -0.15) is 5.10 Å². The lowest BCUT2D eigenvalue weighted by atomic mass is 10.1. The molecule has 7 heteroatoms. The fourth-order valence-electron chi connectivity index (χ4n) is 3.98. The molecular weight excluding hydrogens is 424 g/mol. The summed E-state index contributed by atoms with van der Waals surface area (Å²) in [5, 5.41) is 15.2. The molecule has 33 heavy (non-hydrogen) atoms. The normalized spacial score (nSPS) is 14.6. The molecule has 0 saturated heterocycles. The van der Waals surface area contributed by atoms with Crippen molar-refractivity contribution in [2.45, 2.75) is 64.6 Å². The molecule has 3 aromatic rings. The second kappa shape index (κ2) is 10.4. The molecule has 1 aromatic heterocycles. The minimum absolute atomic E-state index is 0.329. The molecule has 0 aliphatic heterocycles. The van der Waals surface area contributed by atoms with Crippen molar-refractivity contribution < 1.29 is 18.6 Å². The topological polar surface area (TPSA) is 50.5 Å². The van der Waals surface area contributed by atoms with Crippen molar-refractivity contribution in [2.75, 3.05) is 6.54 Å². The van der Waals surface area contributed by atoms with Gasteiger partial charge in [0.25, 0.3) is 0 Å². The first kappa shape index (κ1) is 23.4. The van der Waals surface area contributed by atoms with E-state index in [-0.39, 0.29) is 17.7 Å². The summed E-state index contributed by atoms with van der Waals surface area (Å²) in [7, 11) is 0. The Hall–Kier alpha value is -2.77. The molecule has 2 aromatic carbocycles. The number of aromatic nitrogens is 2. The van der Waals surface area contributed by atoms with E-state index in [4.69, 9.17) is 9.84 Å². The Morgan fingerprint density at radius 2 is 1.73 bits per heavy atom. The molecule has 1 aliphatic rings. The fourth-order valence-corrected chi connectivity index (χ4v) is 3.98. The molecule has 1 atom stereocenters. The molecule has 1 saturated carbocycles. The van der Waals surface area contributed by atoms with Gasteiger partial charge in [0.05, 0.1) is 23.0 Å². The van der Waals surface area contributed by atoms with Crippen LogP contribution in [-0.4, -0.2) is 38.5 Å². The zero-order chi connectivity index (χ0) is 23.4. The summed E-state index contributed by atoms with van der Waals surface area (Å²) in [6, 6.07) is 12.3. The average molecular weight is 456 g/mol. The second-order valence-electron chi connectivity index (χ2n) is 8.77. The molecule has 0 amide bonds. The highest BCUT2D eigenvalue weighted by molar-refractivity contribution is 5.43. The second-order valence-corrected chi connectivity index (χ2v) is 8.77. The maximum atomic E-state index is 13.5. The van der Waals surface area contributed by atoms with Crippen LogP contribution in [0.1, 0.15) is 50.3 Å². The number of rotatable bonds is 11. The summed E-state index contributed by atoms with van der Waals surface area (Å²) in [4.78, 5) is 2.30. The molecule has 0 radical (unpaired) electrons. The molecule has 1 unspecified atom stereocenters. The van der Waals surface area contributed by atoms with Crippen LogP contribution >= 0.6 is 0 Å². The quantitative estimate of drug-likeness (QED) is 0.399. The number of unbranched alkanes of at least 4 members (excludes halogenated alkanes) is 1. The first-order chi connectivity index (χ1) is 15.9. The van der Waals surface area contributed by atoms with Crippen LogP contribution in [0.4, 0.5) is 8.78 Å². The van der Waals surface area contributed by atoms with Crippen molar-refractivity contribution >= 4 is 0 Å². The van der Waals surface area contributed by atoms with E-state index in [9.17, 15) is 13.9 Å². The van der Waals surface area contributed by atoms with E-state index in [1.807, 2.05) is 6.92 Å². The van der Waals surface area contributed by atoms with Crippen LogP contribution in [0, 0.1) is 18.6 Å². The monoisotopic (exact) mass is 455 g/mol. The van der Waals surface area contributed by atoms with Gasteiger partial charge in [-0.3, -0.25) is 4.90 Å².